The zero-order valence-corrected chi connectivity index (χ0v) is 7.37. The standard InChI is InChI=1S/C10H15N2/c1-2-4-10(3-1)5-7-12-8-6-11-9-12/h8-10H,1-5,7H2. The Morgan fingerprint density at radius 2 is 2.25 bits per heavy atom. The number of aryl methyl sites for hydroxylation is 1. The fraction of sp³-hybridized carbons (Fsp3) is 0.700. The molecule has 1 fully saturated rings. The van der Waals surface area contributed by atoms with Crippen molar-refractivity contribution in [3.8, 4) is 0 Å². The van der Waals surface area contributed by atoms with E-state index in [-0.39, 0.29) is 0 Å². The van der Waals surface area contributed by atoms with Crippen LogP contribution in [0.2, 0.25) is 0 Å². The van der Waals surface area contributed by atoms with Crippen LogP contribution >= 0.6 is 0 Å². The van der Waals surface area contributed by atoms with Gasteiger partial charge in [0.05, 0.1) is 6.33 Å². The SMILES string of the molecule is [c]1cn(CCC2CCCC2)cn1. The molecular formula is C10H15N2. The molecule has 2 rings (SSSR count). The van der Waals surface area contributed by atoms with Gasteiger partial charge in [-0.05, 0) is 12.3 Å². The summed E-state index contributed by atoms with van der Waals surface area (Å²) in [7, 11) is 0. The quantitative estimate of drug-likeness (QED) is 0.668. The predicted molar refractivity (Wildman–Crippen MR) is 47.6 cm³/mol. The Balaban J connectivity index is 1.74. The molecule has 2 nitrogen and oxygen atoms in total. The van der Waals surface area contributed by atoms with Crippen molar-refractivity contribution in [2.24, 2.45) is 5.92 Å². The van der Waals surface area contributed by atoms with Gasteiger partial charge in [0.15, 0.2) is 0 Å². The van der Waals surface area contributed by atoms with Crippen molar-refractivity contribution >= 4 is 0 Å². The molecule has 0 aliphatic heterocycles. The van der Waals surface area contributed by atoms with E-state index in [0.717, 1.165) is 12.5 Å². The van der Waals surface area contributed by atoms with E-state index in [0.29, 0.717) is 0 Å². The molecule has 1 aliphatic carbocycles. The fourth-order valence-electron chi connectivity index (χ4n) is 2.00. The van der Waals surface area contributed by atoms with Crippen molar-refractivity contribution in [1.82, 2.24) is 9.55 Å². The van der Waals surface area contributed by atoms with Gasteiger partial charge < -0.3 is 4.57 Å². The van der Waals surface area contributed by atoms with Gasteiger partial charge in [0.1, 0.15) is 6.20 Å². The van der Waals surface area contributed by atoms with E-state index in [1.807, 2.05) is 12.5 Å². The molecule has 1 aromatic heterocycles. The van der Waals surface area contributed by atoms with Crippen molar-refractivity contribution in [2.75, 3.05) is 0 Å². The molecule has 1 aromatic rings. The smallest absolute Gasteiger partial charge is 0.108 e. The minimum Gasteiger partial charge on any atom is -0.337 e. The highest BCUT2D eigenvalue weighted by molar-refractivity contribution is 4.74. The molecule has 12 heavy (non-hydrogen) atoms. The number of hydrogen-bond acceptors (Lipinski definition) is 1. The second-order valence-electron chi connectivity index (χ2n) is 3.68. The van der Waals surface area contributed by atoms with Crippen LogP contribution in [0.3, 0.4) is 0 Å². The Bertz CT molecular complexity index is 210. The maximum absolute atomic E-state index is 3.91. The summed E-state index contributed by atoms with van der Waals surface area (Å²) < 4.78 is 2.12. The van der Waals surface area contributed by atoms with E-state index in [1.54, 1.807) is 0 Å². The van der Waals surface area contributed by atoms with Crippen LogP contribution in [-0.2, 0) is 6.54 Å². The third kappa shape index (κ3) is 1.87. The molecule has 1 saturated carbocycles. The Morgan fingerprint density at radius 3 is 2.92 bits per heavy atom. The van der Waals surface area contributed by atoms with E-state index in [2.05, 4.69) is 15.7 Å². The number of hydrogen-bond donors (Lipinski definition) is 0. The van der Waals surface area contributed by atoms with Gasteiger partial charge in [-0.2, -0.15) is 0 Å². The molecule has 0 spiro atoms. The average Bonchev–Trinajstić information content (AvgIpc) is 2.74. The van der Waals surface area contributed by atoms with Crippen LogP contribution in [0.1, 0.15) is 32.1 Å². The summed E-state index contributed by atoms with van der Waals surface area (Å²) in [6, 6.07) is 0. The van der Waals surface area contributed by atoms with Gasteiger partial charge in [0.2, 0.25) is 0 Å². The van der Waals surface area contributed by atoms with E-state index in [1.165, 1.54) is 32.1 Å². The monoisotopic (exact) mass is 163 g/mol. The average molecular weight is 163 g/mol. The minimum absolute atomic E-state index is 0.979. The first-order chi connectivity index (χ1) is 5.95. The third-order valence-corrected chi connectivity index (χ3v) is 2.77. The van der Waals surface area contributed by atoms with E-state index < -0.39 is 0 Å². The molecule has 0 saturated heterocycles. The molecule has 65 valence electrons. The summed E-state index contributed by atoms with van der Waals surface area (Å²) in [6.45, 7) is 1.13. The number of rotatable bonds is 3. The lowest BCUT2D eigenvalue weighted by atomic mass is 10.0. The molecule has 0 aromatic carbocycles. The summed E-state index contributed by atoms with van der Waals surface area (Å²) in [5.74, 6) is 0.979. The normalized spacial score (nSPS) is 18.7. The molecule has 0 unspecified atom stereocenters. The van der Waals surface area contributed by atoms with Gasteiger partial charge in [0, 0.05) is 12.7 Å². The third-order valence-electron chi connectivity index (χ3n) is 2.77. The van der Waals surface area contributed by atoms with E-state index in [9.17, 15) is 0 Å². The Labute approximate surface area is 73.6 Å². The van der Waals surface area contributed by atoms with Crippen LogP contribution in [0.4, 0.5) is 0 Å². The van der Waals surface area contributed by atoms with Gasteiger partial charge in [-0.15, -0.1) is 0 Å². The first kappa shape index (κ1) is 7.84. The van der Waals surface area contributed by atoms with Gasteiger partial charge in [-0.1, -0.05) is 25.7 Å². The lowest BCUT2D eigenvalue weighted by molar-refractivity contribution is 0.458. The summed E-state index contributed by atoms with van der Waals surface area (Å²) in [6.07, 6.45) is 13.7. The lowest BCUT2D eigenvalue weighted by Gasteiger charge is -2.08. The van der Waals surface area contributed by atoms with E-state index in [4.69, 9.17) is 0 Å². The number of aromatic nitrogens is 2. The van der Waals surface area contributed by atoms with Crippen LogP contribution < -0.4 is 0 Å². The second-order valence-corrected chi connectivity index (χ2v) is 3.68. The van der Waals surface area contributed by atoms with Gasteiger partial charge >= 0.3 is 0 Å². The van der Waals surface area contributed by atoms with Crippen LogP contribution in [0.15, 0.2) is 12.5 Å². The highest BCUT2D eigenvalue weighted by Gasteiger charge is 2.14. The van der Waals surface area contributed by atoms with Crippen molar-refractivity contribution in [3.05, 3.63) is 18.7 Å². The van der Waals surface area contributed by atoms with Crippen molar-refractivity contribution in [1.29, 1.82) is 0 Å². The zero-order chi connectivity index (χ0) is 8.23. The molecular weight excluding hydrogens is 148 g/mol. The van der Waals surface area contributed by atoms with Crippen LogP contribution in [0.25, 0.3) is 0 Å². The molecule has 0 atom stereocenters. The molecule has 0 amide bonds. The first-order valence-electron chi connectivity index (χ1n) is 4.83. The summed E-state index contributed by atoms with van der Waals surface area (Å²) >= 11 is 0. The van der Waals surface area contributed by atoms with Crippen molar-refractivity contribution in [3.63, 3.8) is 0 Å². The minimum atomic E-state index is 0.979. The molecule has 2 heteroatoms. The number of nitrogens with zero attached hydrogens (tertiary/aromatic N) is 2. The predicted octanol–water partition coefficient (Wildman–Crippen LogP) is 2.26. The van der Waals surface area contributed by atoms with Gasteiger partial charge in [-0.25, -0.2) is 4.98 Å². The zero-order valence-electron chi connectivity index (χ0n) is 7.37. The molecule has 1 radical (unpaired) electrons. The summed E-state index contributed by atoms with van der Waals surface area (Å²) in [4.78, 5) is 3.91. The first-order valence-corrected chi connectivity index (χ1v) is 4.83. The van der Waals surface area contributed by atoms with Crippen molar-refractivity contribution in [2.45, 2.75) is 38.6 Å². The molecule has 0 N–H and O–H groups in total. The number of imidazole rings is 1. The Kier molecular flexibility index (Phi) is 2.45. The Hall–Kier alpha value is -0.790. The summed E-state index contributed by atoms with van der Waals surface area (Å²) in [5.41, 5.74) is 0. The molecule has 0 bridgehead atoms. The van der Waals surface area contributed by atoms with E-state index >= 15 is 0 Å². The maximum Gasteiger partial charge on any atom is 0.108 e. The fourth-order valence-corrected chi connectivity index (χ4v) is 2.00. The lowest BCUT2D eigenvalue weighted by Crippen LogP contribution is -2.01. The van der Waals surface area contributed by atoms with Crippen LogP contribution in [-0.4, -0.2) is 9.55 Å². The van der Waals surface area contributed by atoms with Crippen LogP contribution in [0.5, 0.6) is 0 Å². The second kappa shape index (κ2) is 3.74. The Morgan fingerprint density at radius 1 is 1.42 bits per heavy atom. The van der Waals surface area contributed by atoms with Gasteiger partial charge in [0.25, 0.3) is 0 Å². The topological polar surface area (TPSA) is 17.8 Å². The summed E-state index contributed by atoms with van der Waals surface area (Å²) in [5, 5.41) is 0. The molecule has 1 heterocycles. The molecule has 1 aliphatic rings. The highest BCUT2D eigenvalue weighted by atomic mass is 15.0. The highest BCUT2D eigenvalue weighted by Crippen LogP contribution is 2.27. The largest absolute Gasteiger partial charge is 0.337 e. The van der Waals surface area contributed by atoms with Crippen molar-refractivity contribution < 1.29 is 0 Å². The maximum atomic E-state index is 3.91. The van der Waals surface area contributed by atoms with Gasteiger partial charge in [-0.3, -0.25) is 0 Å². The van der Waals surface area contributed by atoms with Crippen LogP contribution in [0, 0.1) is 12.1 Å².